The van der Waals surface area contributed by atoms with Crippen LogP contribution >= 0.6 is 0 Å². The summed E-state index contributed by atoms with van der Waals surface area (Å²) in [5, 5.41) is 9.81. The Hall–Kier alpha value is -0.0400. The molecule has 98 valence electrons. The lowest BCUT2D eigenvalue weighted by atomic mass is 9.89. The van der Waals surface area contributed by atoms with E-state index < -0.39 is 0 Å². The topological polar surface area (TPSA) is 20.2 Å². The van der Waals surface area contributed by atoms with E-state index in [0.717, 1.165) is 25.2 Å². The Morgan fingerprint density at radius 1 is 0.875 bits per heavy atom. The standard InChI is InChI=1S/C15H32O/c1-13(2)9-6-7-10-14(16)11-8-12-15(3,4)5/h13-14,16H,6-12H2,1-5H3/t14-/m1/s1. The molecule has 0 aliphatic carbocycles. The number of rotatable bonds is 8. The minimum absolute atomic E-state index is 0.0606. The molecule has 0 saturated carbocycles. The minimum Gasteiger partial charge on any atom is -0.393 e. The molecule has 1 N–H and O–H groups in total. The number of hydrogen-bond donors (Lipinski definition) is 1. The highest BCUT2D eigenvalue weighted by Crippen LogP contribution is 2.23. The van der Waals surface area contributed by atoms with E-state index in [9.17, 15) is 5.11 Å². The maximum absolute atomic E-state index is 9.81. The van der Waals surface area contributed by atoms with Gasteiger partial charge in [-0.3, -0.25) is 0 Å². The Labute approximate surface area is 103 Å². The molecule has 1 heteroatoms. The van der Waals surface area contributed by atoms with Crippen LogP contribution in [-0.4, -0.2) is 11.2 Å². The van der Waals surface area contributed by atoms with Crippen LogP contribution in [0.2, 0.25) is 0 Å². The van der Waals surface area contributed by atoms with Gasteiger partial charge in [-0.15, -0.1) is 0 Å². The maximum Gasteiger partial charge on any atom is 0.0540 e. The van der Waals surface area contributed by atoms with Crippen LogP contribution in [0.15, 0.2) is 0 Å². The molecule has 0 rings (SSSR count). The van der Waals surface area contributed by atoms with Crippen LogP contribution in [0.25, 0.3) is 0 Å². The zero-order chi connectivity index (χ0) is 12.6. The van der Waals surface area contributed by atoms with Crippen molar-refractivity contribution < 1.29 is 5.11 Å². The SMILES string of the molecule is CC(C)CCCC[C@@H](O)CCCC(C)(C)C. The van der Waals surface area contributed by atoms with Crippen LogP contribution in [0.3, 0.4) is 0 Å². The minimum atomic E-state index is -0.0606. The summed E-state index contributed by atoms with van der Waals surface area (Å²) in [5.41, 5.74) is 0.414. The molecule has 0 aromatic carbocycles. The second-order valence-corrected chi connectivity index (χ2v) is 6.79. The molecular weight excluding hydrogens is 196 g/mol. The van der Waals surface area contributed by atoms with Gasteiger partial charge in [0.15, 0.2) is 0 Å². The quantitative estimate of drug-likeness (QED) is 0.593. The number of unbranched alkanes of at least 4 members (excludes halogenated alkanes) is 1. The summed E-state index contributed by atoms with van der Waals surface area (Å²) < 4.78 is 0. The molecular formula is C15H32O. The van der Waals surface area contributed by atoms with Crippen LogP contribution in [0.4, 0.5) is 0 Å². The van der Waals surface area contributed by atoms with Crippen molar-refractivity contribution in [1.29, 1.82) is 0 Å². The first-order valence-electron chi connectivity index (χ1n) is 6.99. The molecule has 0 unspecified atom stereocenters. The van der Waals surface area contributed by atoms with Crippen molar-refractivity contribution in [3.63, 3.8) is 0 Å². The molecule has 0 aliphatic rings. The molecule has 0 aromatic rings. The van der Waals surface area contributed by atoms with Gasteiger partial charge in [0.1, 0.15) is 0 Å². The van der Waals surface area contributed by atoms with E-state index in [0.29, 0.717) is 5.41 Å². The van der Waals surface area contributed by atoms with Crippen LogP contribution in [0, 0.1) is 11.3 Å². The van der Waals surface area contributed by atoms with E-state index in [2.05, 4.69) is 34.6 Å². The Bertz CT molecular complexity index is 155. The van der Waals surface area contributed by atoms with Gasteiger partial charge in [-0.2, -0.15) is 0 Å². The lowest BCUT2D eigenvalue weighted by molar-refractivity contribution is 0.142. The first kappa shape index (κ1) is 16.0. The molecule has 0 radical (unpaired) electrons. The molecule has 0 amide bonds. The summed E-state index contributed by atoms with van der Waals surface area (Å²) in [7, 11) is 0. The third kappa shape index (κ3) is 12.0. The molecule has 1 atom stereocenters. The van der Waals surface area contributed by atoms with Gasteiger partial charge in [0, 0.05) is 0 Å². The Balaban J connectivity index is 3.35. The van der Waals surface area contributed by atoms with Crippen molar-refractivity contribution >= 4 is 0 Å². The number of aliphatic hydroxyl groups excluding tert-OH is 1. The van der Waals surface area contributed by atoms with Gasteiger partial charge >= 0.3 is 0 Å². The summed E-state index contributed by atoms with van der Waals surface area (Å²) in [6.45, 7) is 11.3. The smallest absolute Gasteiger partial charge is 0.0540 e. The third-order valence-corrected chi connectivity index (χ3v) is 3.03. The van der Waals surface area contributed by atoms with Crippen LogP contribution < -0.4 is 0 Å². The molecule has 16 heavy (non-hydrogen) atoms. The predicted molar refractivity (Wildman–Crippen MR) is 72.6 cm³/mol. The van der Waals surface area contributed by atoms with E-state index in [-0.39, 0.29) is 6.10 Å². The maximum atomic E-state index is 9.81. The summed E-state index contributed by atoms with van der Waals surface area (Å²) in [6.07, 6.45) is 8.06. The molecule has 0 aliphatic heterocycles. The van der Waals surface area contributed by atoms with E-state index in [1.165, 1.54) is 25.7 Å². The Morgan fingerprint density at radius 3 is 1.88 bits per heavy atom. The second-order valence-electron chi connectivity index (χ2n) is 6.79. The fraction of sp³-hybridized carbons (Fsp3) is 1.00. The number of hydrogen-bond acceptors (Lipinski definition) is 1. The van der Waals surface area contributed by atoms with Gasteiger partial charge in [-0.05, 0) is 30.6 Å². The lowest BCUT2D eigenvalue weighted by Crippen LogP contribution is -2.10. The van der Waals surface area contributed by atoms with Crippen molar-refractivity contribution in [2.75, 3.05) is 0 Å². The van der Waals surface area contributed by atoms with Gasteiger partial charge in [0.2, 0.25) is 0 Å². The van der Waals surface area contributed by atoms with Crippen molar-refractivity contribution in [1.82, 2.24) is 0 Å². The normalized spacial score (nSPS) is 14.4. The van der Waals surface area contributed by atoms with Crippen molar-refractivity contribution in [2.45, 2.75) is 85.7 Å². The Morgan fingerprint density at radius 2 is 1.38 bits per heavy atom. The second kappa shape index (κ2) is 8.11. The van der Waals surface area contributed by atoms with Crippen LogP contribution in [-0.2, 0) is 0 Å². The summed E-state index contributed by atoms with van der Waals surface area (Å²) in [5.74, 6) is 0.804. The van der Waals surface area contributed by atoms with Crippen molar-refractivity contribution in [3.05, 3.63) is 0 Å². The molecule has 0 saturated heterocycles. The third-order valence-electron chi connectivity index (χ3n) is 3.03. The van der Waals surface area contributed by atoms with Crippen molar-refractivity contribution in [3.8, 4) is 0 Å². The highest BCUT2D eigenvalue weighted by atomic mass is 16.3. The summed E-state index contributed by atoms with van der Waals surface area (Å²) in [6, 6.07) is 0. The highest BCUT2D eigenvalue weighted by molar-refractivity contribution is 4.64. The summed E-state index contributed by atoms with van der Waals surface area (Å²) >= 11 is 0. The monoisotopic (exact) mass is 228 g/mol. The van der Waals surface area contributed by atoms with E-state index in [1.54, 1.807) is 0 Å². The van der Waals surface area contributed by atoms with Gasteiger partial charge in [0.25, 0.3) is 0 Å². The largest absolute Gasteiger partial charge is 0.393 e. The van der Waals surface area contributed by atoms with Gasteiger partial charge in [0.05, 0.1) is 6.10 Å². The van der Waals surface area contributed by atoms with E-state index in [1.807, 2.05) is 0 Å². The van der Waals surface area contributed by atoms with Crippen molar-refractivity contribution in [2.24, 2.45) is 11.3 Å². The zero-order valence-corrected chi connectivity index (χ0v) is 12.1. The summed E-state index contributed by atoms with van der Waals surface area (Å²) in [4.78, 5) is 0. The van der Waals surface area contributed by atoms with E-state index >= 15 is 0 Å². The van der Waals surface area contributed by atoms with Crippen LogP contribution in [0.1, 0.15) is 79.6 Å². The fourth-order valence-corrected chi connectivity index (χ4v) is 1.94. The first-order chi connectivity index (χ1) is 7.31. The molecule has 1 nitrogen and oxygen atoms in total. The molecule has 0 bridgehead atoms. The van der Waals surface area contributed by atoms with Crippen LogP contribution in [0.5, 0.6) is 0 Å². The van der Waals surface area contributed by atoms with E-state index in [4.69, 9.17) is 0 Å². The van der Waals surface area contributed by atoms with Gasteiger partial charge in [-0.1, -0.05) is 60.3 Å². The molecule has 0 heterocycles. The Kier molecular flexibility index (Phi) is 8.09. The molecule has 0 spiro atoms. The number of aliphatic hydroxyl groups is 1. The average molecular weight is 228 g/mol. The van der Waals surface area contributed by atoms with Gasteiger partial charge in [-0.25, -0.2) is 0 Å². The first-order valence-corrected chi connectivity index (χ1v) is 6.99. The molecule has 0 aromatic heterocycles. The molecule has 0 fully saturated rings. The fourth-order valence-electron chi connectivity index (χ4n) is 1.94. The van der Waals surface area contributed by atoms with Gasteiger partial charge < -0.3 is 5.11 Å². The lowest BCUT2D eigenvalue weighted by Gasteiger charge is -2.19. The zero-order valence-electron chi connectivity index (χ0n) is 12.1. The highest BCUT2D eigenvalue weighted by Gasteiger charge is 2.11. The predicted octanol–water partition coefficient (Wildman–Crippen LogP) is 4.78. The average Bonchev–Trinajstić information content (AvgIpc) is 2.10.